The van der Waals surface area contributed by atoms with Crippen LogP contribution in [0.2, 0.25) is 5.02 Å². The smallest absolute Gasteiger partial charge is 0.255 e. The third kappa shape index (κ3) is 5.04. The second-order valence-corrected chi connectivity index (χ2v) is 5.95. The first-order valence-corrected chi connectivity index (χ1v) is 7.90. The van der Waals surface area contributed by atoms with Crippen LogP contribution in [0.1, 0.15) is 22.8 Å². The molecule has 0 saturated heterocycles. The van der Waals surface area contributed by atoms with Crippen LogP contribution in [-0.4, -0.2) is 16.9 Å². The summed E-state index contributed by atoms with van der Waals surface area (Å²) in [6.45, 7) is 3.26. The van der Waals surface area contributed by atoms with E-state index in [-0.39, 0.29) is 16.9 Å². The van der Waals surface area contributed by atoms with Gasteiger partial charge in [0.15, 0.2) is 5.11 Å². The Bertz CT molecular complexity index is 791. The van der Waals surface area contributed by atoms with Gasteiger partial charge >= 0.3 is 0 Å². The molecule has 124 valence electrons. The Hall–Kier alpha value is -2.44. The van der Waals surface area contributed by atoms with Crippen LogP contribution in [0.3, 0.4) is 0 Å². The van der Waals surface area contributed by atoms with Crippen molar-refractivity contribution >= 4 is 52.1 Å². The van der Waals surface area contributed by atoms with Gasteiger partial charge < -0.3 is 16.0 Å². The van der Waals surface area contributed by atoms with Crippen LogP contribution < -0.4 is 16.0 Å². The Kier molecular flexibility index (Phi) is 5.89. The molecule has 2 aromatic rings. The maximum absolute atomic E-state index is 12.2. The Morgan fingerprint density at radius 1 is 1.00 bits per heavy atom. The molecule has 0 heterocycles. The molecule has 0 saturated carbocycles. The van der Waals surface area contributed by atoms with Gasteiger partial charge in [-0.2, -0.15) is 0 Å². The van der Waals surface area contributed by atoms with Crippen molar-refractivity contribution in [2.75, 3.05) is 10.6 Å². The molecule has 7 heteroatoms. The monoisotopic (exact) mass is 361 g/mol. The third-order valence-corrected chi connectivity index (χ3v) is 3.74. The van der Waals surface area contributed by atoms with E-state index >= 15 is 0 Å². The number of carbonyl (C=O) groups excluding carboxylic acids is 2. The van der Waals surface area contributed by atoms with Crippen LogP contribution >= 0.6 is 23.8 Å². The second kappa shape index (κ2) is 7.90. The number of aryl methyl sites for hydroxylation is 1. The van der Waals surface area contributed by atoms with Crippen molar-refractivity contribution in [1.82, 2.24) is 5.32 Å². The molecule has 2 amide bonds. The molecule has 0 bridgehead atoms. The fraction of sp³-hybridized carbons (Fsp3) is 0.118. The number of halogens is 1. The van der Waals surface area contributed by atoms with Gasteiger partial charge in [0.25, 0.3) is 5.91 Å². The fourth-order valence-corrected chi connectivity index (χ4v) is 2.34. The number of rotatable bonds is 3. The summed E-state index contributed by atoms with van der Waals surface area (Å²) >= 11 is 11.0. The van der Waals surface area contributed by atoms with Crippen LogP contribution in [0, 0.1) is 6.92 Å². The fourth-order valence-electron chi connectivity index (χ4n) is 1.90. The molecule has 0 aliphatic carbocycles. The highest BCUT2D eigenvalue weighted by Gasteiger charge is 2.08. The number of amides is 2. The van der Waals surface area contributed by atoms with Gasteiger partial charge in [-0.3, -0.25) is 9.59 Å². The van der Waals surface area contributed by atoms with Crippen LogP contribution in [0.4, 0.5) is 11.4 Å². The summed E-state index contributed by atoms with van der Waals surface area (Å²) < 4.78 is 0. The van der Waals surface area contributed by atoms with Crippen molar-refractivity contribution < 1.29 is 9.59 Å². The minimum atomic E-state index is -0.244. The Balaban J connectivity index is 2.00. The Morgan fingerprint density at radius 2 is 1.58 bits per heavy atom. The molecule has 0 aliphatic rings. The Labute approximate surface area is 150 Å². The molecule has 0 radical (unpaired) electrons. The zero-order valence-corrected chi connectivity index (χ0v) is 14.7. The van der Waals surface area contributed by atoms with Gasteiger partial charge in [-0.05, 0) is 61.1 Å². The highest BCUT2D eigenvalue weighted by molar-refractivity contribution is 7.80. The summed E-state index contributed by atoms with van der Waals surface area (Å²) in [6.07, 6.45) is 0. The Morgan fingerprint density at radius 3 is 2.12 bits per heavy atom. The van der Waals surface area contributed by atoms with Crippen molar-refractivity contribution in [3.63, 3.8) is 0 Å². The van der Waals surface area contributed by atoms with E-state index in [1.807, 2.05) is 6.92 Å². The molecule has 0 unspecified atom stereocenters. The number of benzene rings is 2. The summed E-state index contributed by atoms with van der Waals surface area (Å²) in [6, 6.07) is 12.1. The van der Waals surface area contributed by atoms with Gasteiger partial charge in [-0.15, -0.1) is 0 Å². The summed E-state index contributed by atoms with van der Waals surface area (Å²) in [5, 5.41) is 8.89. The minimum absolute atomic E-state index is 0.216. The lowest BCUT2D eigenvalue weighted by Crippen LogP contribution is -2.32. The normalized spacial score (nSPS) is 9.96. The number of nitrogens with one attached hydrogen (secondary N) is 3. The molecular formula is C17H16ClN3O2S. The van der Waals surface area contributed by atoms with Gasteiger partial charge in [0, 0.05) is 28.9 Å². The molecule has 0 aliphatic heterocycles. The lowest BCUT2D eigenvalue weighted by molar-refractivity contribution is -0.117. The number of anilines is 2. The predicted octanol–water partition coefficient (Wildman–Crippen LogP) is 3.73. The maximum Gasteiger partial charge on any atom is 0.255 e. The molecule has 0 aromatic heterocycles. The average molecular weight is 362 g/mol. The highest BCUT2D eigenvalue weighted by Crippen LogP contribution is 2.19. The number of carbonyl (C=O) groups is 2. The van der Waals surface area contributed by atoms with E-state index in [1.54, 1.807) is 42.5 Å². The van der Waals surface area contributed by atoms with Crippen molar-refractivity contribution in [3.8, 4) is 0 Å². The van der Waals surface area contributed by atoms with E-state index < -0.39 is 0 Å². The van der Waals surface area contributed by atoms with Gasteiger partial charge in [0.2, 0.25) is 5.91 Å². The summed E-state index contributed by atoms with van der Waals surface area (Å²) in [5.74, 6) is -0.487. The summed E-state index contributed by atoms with van der Waals surface area (Å²) in [4.78, 5) is 23.1. The van der Waals surface area contributed by atoms with Crippen molar-refractivity contribution in [2.24, 2.45) is 0 Å². The van der Waals surface area contributed by atoms with E-state index in [2.05, 4.69) is 16.0 Å². The van der Waals surface area contributed by atoms with Gasteiger partial charge in [-0.25, -0.2) is 0 Å². The van der Waals surface area contributed by atoms with E-state index in [0.29, 0.717) is 22.0 Å². The zero-order valence-electron chi connectivity index (χ0n) is 13.1. The van der Waals surface area contributed by atoms with E-state index in [1.165, 1.54) is 6.92 Å². The molecule has 2 aromatic carbocycles. The number of hydrogen-bond acceptors (Lipinski definition) is 3. The van der Waals surface area contributed by atoms with Gasteiger partial charge in [0.05, 0.1) is 0 Å². The summed E-state index contributed by atoms with van der Waals surface area (Å²) in [7, 11) is 0. The van der Waals surface area contributed by atoms with E-state index in [9.17, 15) is 9.59 Å². The van der Waals surface area contributed by atoms with Crippen molar-refractivity contribution in [2.45, 2.75) is 13.8 Å². The highest BCUT2D eigenvalue weighted by atomic mass is 35.5. The lowest BCUT2D eigenvalue weighted by atomic mass is 10.1. The van der Waals surface area contributed by atoms with E-state index in [0.717, 1.165) is 5.56 Å². The predicted molar refractivity (Wildman–Crippen MR) is 101 cm³/mol. The van der Waals surface area contributed by atoms with E-state index in [4.69, 9.17) is 23.8 Å². The van der Waals surface area contributed by atoms with Crippen LogP contribution in [0.5, 0.6) is 0 Å². The standard InChI is InChI=1S/C17H16ClN3O2S/c1-10-3-4-12(9-15(10)18)16(23)20-13-5-7-14(8-6-13)21-17(24)19-11(2)22/h3-9H,1-2H3,(H,20,23)(H2,19,21,22,24). The molecule has 0 fully saturated rings. The molecule has 5 nitrogen and oxygen atoms in total. The first kappa shape index (κ1) is 17.9. The zero-order chi connectivity index (χ0) is 17.7. The topological polar surface area (TPSA) is 70.2 Å². The van der Waals surface area contributed by atoms with Crippen molar-refractivity contribution in [3.05, 3.63) is 58.6 Å². The average Bonchev–Trinajstić information content (AvgIpc) is 2.51. The second-order valence-electron chi connectivity index (χ2n) is 5.13. The molecule has 2 rings (SSSR count). The first-order valence-electron chi connectivity index (χ1n) is 7.11. The minimum Gasteiger partial charge on any atom is -0.332 e. The first-order chi connectivity index (χ1) is 11.3. The van der Waals surface area contributed by atoms with Crippen LogP contribution in [0.15, 0.2) is 42.5 Å². The largest absolute Gasteiger partial charge is 0.332 e. The molecular weight excluding hydrogens is 346 g/mol. The number of hydrogen-bond donors (Lipinski definition) is 3. The van der Waals surface area contributed by atoms with Crippen molar-refractivity contribution in [1.29, 1.82) is 0 Å². The molecule has 0 atom stereocenters. The summed E-state index contributed by atoms with van der Waals surface area (Å²) in [5.41, 5.74) is 2.73. The molecule has 3 N–H and O–H groups in total. The van der Waals surface area contributed by atoms with Gasteiger partial charge in [-0.1, -0.05) is 17.7 Å². The quantitative estimate of drug-likeness (QED) is 0.728. The molecule has 0 spiro atoms. The van der Waals surface area contributed by atoms with Crippen LogP contribution in [-0.2, 0) is 4.79 Å². The number of thiocarbonyl (C=S) groups is 1. The molecule has 24 heavy (non-hydrogen) atoms. The van der Waals surface area contributed by atoms with Crippen LogP contribution in [0.25, 0.3) is 0 Å². The lowest BCUT2D eigenvalue weighted by Gasteiger charge is -2.10. The third-order valence-electron chi connectivity index (χ3n) is 3.12. The SMILES string of the molecule is CC(=O)NC(=S)Nc1ccc(NC(=O)c2ccc(C)c(Cl)c2)cc1. The van der Waals surface area contributed by atoms with Gasteiger partial charge in [0.1, 0.15) is 0 Å². The maximum atomic E-state index is 12.2.